The second-order valence-corrected chi connectivity index (χ2v) is 6.65. The average molecular weight is 338 g/mol. The van der Waals surface area contributed by atoms with E-state index in [2.05, 4.69) is 10.4 Å². The molecule has 0 fully saturated rings. The van der Waals surface area contributed by atoms with E-state index >= 15 is 0 Å². The Labute approximate surface area is 134 Å². The number of carbonyl (C=O) groups is 1. The van der Waals surface area contributed by atoms with Gasteiger partial charge in [0, 0.05) is 13.6 Å². The third-order valence-electron chi connectivity index (χ3n) is 3.22. The number of benzene rings is 1. The Morgan fingerprint density at radius 2 is 2.00 bits per heavy atom. The molecular formula is C14H18N4O4S. The van der Waals surface area contributed by atoms with Crippen LogP contribution in [0.15, 0.2) is 41.1 Å². The van der Waals surface area contributed by atoms with E-state index in [1.54, 1.807) is 6.92 Å². The minimum absolute atomic E-state index is 0.0274. The molecule has 9 heteroatoms. The molecule has 0 radical (unpaired) electrons. The summed E-state index contributed by atoms with van der Waals surface area (Å²) in [6.07, 6.45) is 1.68. The van der Waals surface area contributed by atoms with Crippen molar-refractivity contribution in [2.24, 2.45) is 0 Å². The van der Waals surface area contributed by atoms with Crippen molar-refractivity contribution in [3.63, 3.8) is 0 Å². The molecule has 23 heavy (non-hydrogen) atoms. The van der Waals surface area contributed by atoms with Crippen molar-refractivity contribution in [3.8, 4) is 0 Å². The fourth-order valence-corrected chi connectivity index (χ4v) is 2.53. The van der Waals surface area contributed by atoms with Crippen molar-refractivity contribution < 1.29 is 17.6 Å². The van der Waals surface area contributed by atoms with E-state index in [1.165, 1.54) is 7.05 Å². The lowest BCUT2D eigenvalue weighted by atomic mass is 10.2. The van der Waals surface area contributed by atoms with Crippen molar-refractivity contribution in [2.45, 2.75) is 13.3 Å². The molecule has 0 bridgehead atoms. The fraction of sp³-hybridized carbons (Fsp3) is 0.286. The lowest BCUT2D eigenvalue weighted by molar-refractivity contribution is 0.0938. The van der Waals surface area contributed by atoms with Gasteiger partial charge >= 0.3 is 0 Å². The Kier molecular flexibility index (Phi) is 5.48. The molecule has 1 amide bonds. The van der Waals surface area contributed by atoms with Crippen molar-refractivity contribution >= 4 is 16.1 Å². The van der Waals surface area contributed by atoms with Crippen LogP contribution in [0.5, 0.6) is 0 Å². The highest BCUT2D eigenvalue weighted by molar-refractivity contribution is 7.87. The summed E-state index contributed by atoms with van der Waals surface area (Å²) < 4.78 is 30.1. The first kappa shape index (κ1) is 17.1. The molecule has 124 valence electrons. The van der Waals surface area contributed by atoms with Gasteiger partial charge in [0.05, 0.1) is 0 Å². The van der Waals surface area contributed by atoms with Gasteiger partial charge in [0.25, 0.3) is 16.1 Å². The van der Waals surface area contributed by atoms with Gasteiger partial charge in [-0.05, 0) is 18.9 Å². The van der Waals surface area contributed by atoms with Crippen LogP contribution >= 0.6 is 0 Å². The second-order valence-electron chi connectivity index (χ2n) is 4.88. The number of carbonyl (C=O) groups excluding carboxylic acids is 1. The first-order chi connectivity index (χ1) is 10.9. The van der Waals surface area contributed by atoms with E-state index in [0.29, 0.717) is 12.2 Å². The number of hydrogen-bond acceptors (Lipinski definition) is 5. The fourth-order valence-electron chi connectivity index (χ4n) is 1.82. The number of nitrogens with zero attached hydrogens (tertiary/aromatic N) is 2. The van der Waals surface area contributed by atoms with E-state index in [9.17, 15) is 13.2 Å². The topological polar surface area (TPSA) is 105 Å². The normalized spacial score (nSPS) is 11.6. The third kappa shape index (κ3) is 4.62. The van der Waals surface area contributed by atoms with Crippen molar-refractivity contribution in [3.05, 3.63) is 53.7 Å². The third-order valence-corrected chi connectivity index (χ3v) is 4.59. The number of likely N-dealkylation sites (N-methyl/N-ethyl adjacent to an activating group) is 1. The van der Waals surface area contributed by atoms with E-state index < -0.39 is 16.1 Å². The molecule has 0 saturated heterocycles. The highest BCUT2D eigenvalue weighted by atomic mass is 32.2. The first-order valence-corrected chi connectivity index (χ1v) is 8.31. The number of aromatic nitrogens is 1. The van der Waals surface area contributed by atoms with Gasteiger partial charge in [-0.15, -0.1) is 4.83 Å². The highest BCUT2D eigenvalue weighted by Crippen LogP contribution is 2.04. The number of aryl methyl sites for hydroxylation is 1. The Hall–Kier alpha value is -2.23. The van der Waals surface area contributed by atoms with Crippen molar-refractivity contribution in [1.82, 2.24) is 19.5 Å². The maximum atomic E-state index is 12.1. The van der Waals surface area contributed by atoms with Gasteiger partial charge in [-0.3, -0.25) is 10.2 Å². The van der Waals surface area contributed by atoms with Crippen LogP contribution in [0.25, 0.3) is 0 Å². The van der Waals surface area contributed by atoms with Gasteiger partial charge < -0.3 is 4.42 Å². The molecule has 2 rings (SSSR count). The van der Waals surface area contributed by atoms with Crippen LogP contribution in [-0.4, -0.2) is 37.2 Å². The highest BCUT2D eigenvalue weighted by Gasteiger charge is 2.20. The monoisotopic (exact) mass is 338 g/mol. The van der Waals surface area contributed by atoms with Gasteiger partial charge in [-0.25, -0.2) is 4.98 Å². The van der Waals surface area contributed by atoms with Gasteiger partial charge in [-0.1, -0.05) is 30.3 Å². The summed E-state index contributed by atoms with van der Waals surface area (Å²) in [5.74, 6) is -0.379. The molecule has 1 aromatic carbocycles. The molecule has 2 N–H and O–H groups in total. The number of hydrazine groups is 1. The minimum Gasteiger partial charge on any atom is -0.448 e. The standard InChI is InChI=1S/C14H18N4O4S/c1-11-13(15-10-22-11)14(19)16-17-23(20,21)18(2)9-8-12-6-4-3-5-7-12/h3-7,10,17H,8-9H2,1-2H3,(H,16,19). The molecule has 0 aliphatic rings. The molecule has 0 saturated carbocycles. The first-order valence-electron chi connectivity index (χ1n) is 6.87. The summed E-state index contributed by atoms with van der Waals surface area (Å²) in [5.41, 5.74) is 3.16. The summed E-state index contributed by atoms with van der Waals surface area (Å²) >= 11 is 0. The average Bonchev–Trinajstić information content (AvgIpc) is 2.97. The van der Waals surface area contributed by atoms with Crippen LogP contribution in [0.2, 0.25) is 0 Å². The van der Waals surface area contributed by atoms with Crippen LogP contribution in [0.4, 0.5) is 0 Å². The molecule has 1 heterocycles. The zero-order chi connectivity index (χ0) is 16.9. The van der Waals surface area contributed by atoms with Crippen molar-refractivity contribution in [1.29, 1.82) is 0 Å². The second kappa shape index (κ2) is 7.36. The van der Waals surface area contributed by atoms with E-state index in [0.717, 1.165) is 16.3 Å². The Morgan fingerprint density at radius 1 is 1.30 bits per heavy atom. The zero-order valence-corrected chi connectivity index (χ0v) is 13.6. The maximum Gasteiger partial charge on any atom is 0.296 e. The van der Waals surface area contributed by atoms with Gasteiger partial charge in [0.15, 0.2) is 12.1 Å². The quantitative estimate of drug-likeness (QED) is 0.721. The SMILES string of the molecule is Cc1ocnc1C(=O)NNS(=O)(=O)N(C)CCc1ccccc1. The van der Waals surface area contributed by atoms with Gasteiger partial charge in [0.1, 0.15) is 5.76 Å². The lowest BCUT2D eigenvalue weighted by Crippen LogP contribution is -2.48. The van der Waals surface area contributed by atoms with Gasteiger partial charge in [0.2, 0.25) is 0 Å². The molecule has 2 aromatic rings. The van der Waals surface area contributed by atoms with E-state index in [4.69, 9.17) is 4.42 Å². The molecule has 0 unspecified atom stereocenters. The summed E-state index contributed by atoms with van der Waals surface area (Å²) in [5, 5.41) is 0. The lowest BCUT2D eigenvalue weighted by Gasteiger charge is -2.17. The Bertz CT molecular complexity index is 758. The Morgan fingerprint density at radius 3 is 2.61 bits per heavy atom. The summed E-state index contributed by atoms with van der Waals surface area (Å²) in [7, 11) is -2.41. The Balaban J connectivity index is 1.88. The number of rotatable bonds is 7. The molecule has 0 aliphatic heterocycles. The predicted molar refractivity (Wildman–Crippen MR) is 83.5 cm³/mol. The van der Waals surface area contributed by atoms with E-state index in [1.807, 2.05) is 35.2 Å². The summed E-state index contributed by atoms with van der Waals surface area (Å²) in [6, 6.07) is 9.52. The molecule has 0 atom stereocenters. The summed E-state index contributed by atoms with van der Waals surface area (Å²) in [4.78, 5) is 17.5. The number of hydrogen-bond donors (Lipinski definition) is 2. The van der Waals surface area contributed by atoms with Crippen LogP contribution in [0.1, 0.15) is 21.8 Å². The molecule has 1 aromatic heterocycles. The minimum atomic E-state index is -3.84. The predicted octanol–water partition coefficient (Wildman–Crippen LogP) is 0.637. The smallest absolute Gasteiger partial charge is 0.296 e. The summed E-state index contributed by atoms with van der Waals surface area (Å²) in [6.45, 7) is 1.83. The molecular weight excluding hydrogens is 320 g/mol. The number of nitrogens with one attached hydrogen (secondary N) is 2. The van der Waals surface area contributed by atoms with Crippen molar-refractivity contribution in [2.75, 3.05) is 13.6 Å². The van der Waals surface area contributed by atoms with Gasteiger partial charge in [-0.2, -0.15) is 12.7 Å². The molecule has 8 nitrogen and oxygen atoms in total. The van der Waals surface area contributed by atoms with Crippen LogP contribution in [-0.2, 0) is 16.6 Å². The van der Waals surface area contributed by atoms with Crippen LogP contribution in [0.3, 0.4) is 0 Å². The van der Waals surface area contributed by atoms with Crippen LogP contribution < -0.4 is 10.3 Å². The van der Waals surface area contributed by atoms with Crippen LogP contribution in [0, 0.1) is 6.92 Å². The number of amides is 1. The largest absolute Gasteiger partial charge is 0.448 e. The van der Waals surface area contributed by atoms with E-state index in [-0.39, 0.29) is 12.2 Å². The molecule has 0 spiro atoms. The molecule has 0 aliphatic carbocycles. The number of oxazole rings is 1. The zero-order valence-electron chi connectivity index (χ0n) is 12.8. The maximum absolute atomic E-state index is 12.1.